The molecule has 1 heterocycles. The van der Waals surface area contributed by atoms with E-state index < -0.39 is 0 Å². The average Bonchev–Trinajstić information content (AvgIpc) is 3.11. The molecular formula is C24H23N3O2. The summed E-state index contributed by atoms with van der Waals surface area (Å²) in [5.74, 6) is 1.38. The highest BCUT2D eigenvalue weighted by Gasteiger charge is 2.13. The number of fused-ring (bicyclic) bond motifs is 1. The SMILES string of the molecule is COc1ccccc1C(=O)NCCc1nc2ccccc2n1Cc1ccccc1. The van der Waals surface area contributed by atoms with Gasteiger partial charge < -0.3 is 14.6 Å². The van der Waals surface area contributed by atoms with Gasteiger partial charge in [-0.15, -0.1) is 0 Å². The summed E-state index contributed by atoms with van der Waals surface area (Å²) >= 11 is 0. The quantitative estimate of drug-likeness (QED) is 0.522. The number of nitrogens with zero attached hydrogens (tertiary/aromatic N) is 2. The van der Waals surface area contributed by atoms with Crippen LogP contribution in [-0.2, 0) is 13.0 Å². The lowest BCUT2D eigenvalue weighted by molar-refractivity contribution is 0.0951. The Balaban J connectivity index is 1.52. The van der Waals surface area contributed by atoms with Gasteiger partial charge in [0.05, 0.1) is 23.7 Å². The monoisotopic (exact) mass is 385 g/mol. The molecule has 0 aliphatic carbocycles. The first-order valence-corrected chi connectivity index (χ1v) is 9.65. The number of para-hydroxylation sites is 3. The maximum absolute atomic E-state index is 12.5. The van der Waals surface area contributed by atoms with Gasteiger partial charge in [-0.05, 0) is 29.8 Å². The molecule has 5 heteroatoms. The lowest BCUT2D eigenvalue weighted by atomic mass is 10.2. The van der Waals surface area contributed by atoms with Crippen LogP contribution in [0.25, 0.3) is 11.0 Å². The van der Waals surface area contributed by atoms with Crippen molar-refractivity contribution in [2.24, 2.45) is 0 Å². The van der Waals surface area contributed by atoms with E-state index in [0.717, 1.165) is 23.4 Å². The number of hydrogen-bond donors (Lipinski definition) is 1. The summed E-state index contributed by atoms with van der Waals surface area (Å²) < 4.78 is 7.50. The van der Waals surface area contributed by atoms with E-state index in [-0.39, 0.29) is 5.91 Å². The molecule has 5 nitrogen and oxygen atoms in total. The first-order valence-electron chi connectivity index (χ1n) is 9.65. The van der Waals surface area contributed by atoms with E-state index >= 15 is 0 Å². The fourth-order valence-corrected chi connectivity index (χ4v) is 3.47. The molecule has 0 atom stereocenters. The van der Waals surface area contributed by atoms with E-state index in [1.807, 2.05) is 48.5 Å². The van der Waals surface area contributed by atoms with E-state index in [4.69, 9.17) is 9.72 Å². The van der Waals surface area contributed by atoms with Crippen LogP contribution in [0.2, 0.25) is 0 Å². The molecule has 0 spiro atoms. The number of hydrogen-bond acceptors (Lipinski definition) is 3. The summed E-state index contributed by atoms with van der Waals surface area (Å²) in [6.07, 6.45) is 0.641. The van der Waals surface area contributed by atoms with Crippen LogP contribution < -0.4 is 10.1 Å². The van der Waals surface area contributed by atoms with Gasteiger partial charge in [0.25, 0.3) is 5.91 Å². The highest BCUT2D eigenvalue weighted by atomic mass is 16.5. The highest BCUT2D eigenvalue weighted by Crippen LogP contribution is 2.19. The van der Waals surface area contributed by atoms with Gasteiger partial charge in [0, 0.05) is 19.5 Å². The number of imidazole rings is 1. The van der Waals surface area contributed by atoms with Crippen LogP contribution >= 0.6 is 0 Å². The summed E-state index contributed by atoms with van der Waals surface area (Å²) in [5.41, 5.74) is 3.82. The molecule has 29 heavy (non-hydrogen) atoms. The Bertz CT molecular complexity index is 1120. The average molecular weight is 385 g/mol. The van der Waals surface area contributed by atoms with E-state index in [9.17, 15) is 4.79 Å². The third kappa shape index (κ3) is 4.14. The van der Waals surface area contributed by atoms with Crippen LogP contribution in [0.5, 0.6) is 5.75 Å². The molecule has 0 fully saturated rings. The normalized spacial score (nSPS) is 10.8. The van der Waals surface area contributed by atoms with Crippen molar-refractivity contribution in [3.63, 3.8) is 0 Å². The molecule has 0 radical (unpaired) electrons. The van der Waals surface area contributed by atoms with E-state index in [0.29, 0.717) is 24.3 Å². The van der Waals surface area contributed by atoms with Crippen molar-refractivity contribution >= 4 is 16.9 Å². The zero-order valence-electron chi connectivity index (χ0n) is 16.3. The largest absolute Gasteiger partial charge is 0.496 e. The lowest BCUT2D eigenvalue weighted by Crippen LogP contribution is -2.27. The first kappa shape index (κ1) is 18.7. The summed E-state index contributed by atoms with van der Waals surface area (Å²) in [7, 11) is 1.57. The van der Waals surface area contributed by atoms with Gasteiger partial charge >= 0.3 is 0 Å². The number of nitrogens with one attached hydrogen (secondary N) is 1. The second-order valence-electron chi connectivity index (χ2n) is 6.79. The molecular weight excluding hydrogens is 362 g/mol. The second kappa shape index (κ2) is 8.61. The molecule has 4 aromatic rings. The topological polar surface area (TPSA) is 56.1 Å². The highest BCUT2D eigenvalue weighted by molar-refractivity contribution is 5.96. The molecule has 0 bridgehead atoms. The number of amides is 1. The van der Waals surface area contributed by atoms with Gasteiger partial charge in [0.2, 0.25) is 0 Å². The smallest absolute Gasteiger partial charge is 0.255 e. The van der Waals surface area contributed by atoms with Crippen molar-refractivity contribution in [2.75, 3.05) is 13.7 Å². The van der Waals surface area contributed by atoms with Gasteiger partial charge in [-0.1, -0.05) is 54.6 Å². The molecule has 0 aliphatic rings. The molecule has 0 aliphatic heterocycles. The number of aromatic nitrogens is 2. The number of benzene rings is 3. The fraction of sp³-hybridized carbons (Fsp3) is 0.167. The van der Waals surface area contributed by atoms with E-state index in [1.54, 1.807) is 19.2 Å². The second-order valence-corrected chi connectivity index (χ2v) is 6.79. The Labute approximate surface area is 170 Å². The summed E-state index contributed by atoms with van der Waals surface area (Å²) in [4.78, 5) is 17.3. The van der Waals surface area contributed by atoms with Crippen molar-refractivity contribution in [3.8, 4) is 5.75 Å². The molecule has 0 unspecified atom stereocenters. The Morgan fingerprint density at radius 3 is 2.52 bits per heavy atom. The van der Waals surface area contributed by atoms with Gasteiger partial charge in [-0.2, -0.15) is 0 Å². The van der Waals surface area contributed by atoms with Gasteiger partial charge in [0.1, 0.15) is 11.6 Å². The first-order chi connectivity index (χ1) is 14.3. The molecule has 1 aromatic heterocycles. The molecule has 0 saturated heterocycles. The molecule has 0 saturated carbocycles. The van der Waals surface area contributed by atoms with Crippen molar-refractivity contribution in [1.82, 2.24) is 14.9 Å². The van der Waals surface area contributed by atoms with E-state index in [1.165, 1.54) is 5.56 Å². The summed E-state index contributed by atoms with van der Waals surface area (Å²) in [5, 5.41) is 2.99. The Hall–Kier alpha value is -3.60. The maximum atomic E-state index is 12.5. The Morgan fingerprint density at radius 1 is 0.966 bits per heavy atom. The number of carbonyl (C=O) groups is 1. The minimum absolute atomic E-state index is 0.145. The number of carbonyl (C=O) groups excluding carboxylic acids is 1. The van der Waals surface area contributed by atoms with Crippen molar-refractivity contribution in [3.05, 3.63) is 95.8 Å². The van der Waals surface area contributed by atoms with Crippen molar-refractivity contribution < 1.29 is 9.53 Å². The number of ether oxygens (including phenoxy) is 1. The van der Waals surface area contributed by atoms with Crippen LogP contribution in [0, 0.1) is 0 Å². The molecule has 3 aromatic carbocycles. The van der Waals surface area contributed by atoms with Gasteiger partial charge in [0.15, 0.2) is 0 Å². The molecule has 1 amide bonds. The minimum atomic E-state index is -0.145. The van der Waals surface area contributed by atoms with Crippen LogP contribution in [0.4, 0.5) is 0 Å². The predicted molar refractivity (Wildman–Crippen MR) is 114 cm³/mol. The Kier molecular flexibility index (Phi) is 5.56. The van der Waals surface area contributed by atoms with Crippen LogP contribution in [0.3, 0.4) is 0 Å². The lowest BCUT2D eigenvalue weighted by Gasteiger charge is -2.11. The molecule has 146 valence electrons. The third-order valence-corrected chi connectivity index (χ3v) is 4.90. The maximum Gasteiger partial charge on any atom is 0.255 e. The van der Waals surface area contributed by atoms with Gasteiger partial charge in [-0.25, -0.2) is 4.98 Å². The zero-order valence-corrected chi connectivity index (χ0v) is 16.3. The standard InChI is InChI=1S/C24H23N3O2/c1-29-22-14-8-5-11-19(22)24(28)25-16-15-23-26-20-12-6-7-13-21(20)27(23)17-18-9-3-2-4-10-18/h2-14H,15-17H2,1H3,(H,25,28). The van der Waals surface area contributed by atoms with E-state index in [2.05, 4.69) is 28.1 Å². The Morgan fingerprint density at radius 2 is 1.69 bits per heavy atom. The molecule has 4 rings (SSSR count). The van der Waals surface area contributed by atoms with Gasteiger partial charge in [-0.3, -0.25) is 4.79 Å². The number of methoxy groups -OCH3 is 1. The fourth-order valence-electron chi connectivity index (χ4n) is 3.47. The zero-order chi connectivity index (χ0) is 20.1. The third-order valence-electron chi connectivity index (χ3n) is 4.90. The summed E-state index contributed by atoms with van der Waals surface area (Å²) in [6.45, 7) is 1.24. The van der Waals surface area contributed by atoms with Crippen LogP contribution in [0.15, 0.2) is 78.9 Å². The van der Waals surface area contributed by atoms with Crippen LogP contribution in [0.1, 0.15) is 21.7 Å². The number of rotatable bonds is 7. The van der Waals surface area contributed by atoms with Crippen molar-refractivity contribution in [2.45, 2.75) is 13.0 Å². The summed E-state index contributed by atoms with van der Waals surface area (Å²) in [6, 6.07) is 25.7. The minimum Gasteiger partial charge on any atom is -0.496 e. The van der Waals surface area contributed by atoms with Crippen molar-refractivity contribution in [1.29, 1.82) is 0 Å². The molecule has 1 N–H and O–H groups in total. The van der Waals surface area contributed by atoms with Crippen LogP contribution in [-0.4, -0.2) is 29.1 Å². The predicted octanol–water partition coefficient (Wildman–Crippen LogP) is 4.07.